The molecule has 2 fully saturated rings. The highest BCUT2D eigenvalue weighted by molar-refractivity contribution is 5.31. The third kappa shape index (κ3) is 3.52. The Kier molecular flexibility index (Phi) is 4.94. The number of hydrogen-bond acceptors (Lipinski definition) is 6. The fourth-order valence-electron chi connectivity index (χ4n) is 3.98. The smallest absolute Gasteiger partial charge is 0.173 e. The lowest BCUT2D eigenvalue weighted by Crippen LogP contribution is -2.41. The predicted octanol–water partition coefficient (Wildman–Crippen LogP) is 2.31. The molecule has 2 heterocycles. The van der Waals surface area contributed by atoms with Gasteiger partial charge in [0, 0.05) is 13.1 Å². The molecule has 0 unspecified atom stereocenters. The minimum atomic E-state index is -0.0126. The summed E-state index contributed by atoms with van der Waals surface area (Å²) in [7, 11) is 0. The van der Waals surface area contributed by atoms with Crippen LogP contribution < -0.4 is 0 Å². The third-order valence-electron chi connectivity index (χ3n) is 5.30. The summed E-state index contributed by atoms with van der Waals surface area (Å²) in [5.41, 5.74) is 1.10. The molecule has 0 amide bonds. The maximum absolute atomic E-state index is 9.66. The summed E-state index contributed by atoms with van der Waals surface area (Å²) in [6.45, 7) is 3.14. The van der Waals surface area contributed by atoms with Crippen molar-refractivity contribution in [2.24, 2.45) is 0 Å². The molecule has 1 aliphatic carbocycles. The van der Waals surface area contributed by atoms with Gasteiger partial charge in [0.1, 0.15) is 5.75 Å². The van der Waals surface area contributed by atoms with Crippen LogP contribution in [0.2, 0.25) is 0 Å². The Hall–Kier alpha value is -1.99. The fraction of sp³-hybridized carbons (Fsp3) is 0.611. The van der Waals surface area contributed by atoms with Gasteiger partial charge in [0.05, 0.1) is 25.3 Å². The van der Waals surface area contributed by atoms with Gasteiger partial charge in [0.2, 0.25) is 0 Å². The molecule has 2 aromatic rings. The van der Waals surface area contributed by atoms with E-state index in [2.05, 4.69) is 20.4 Å². The summed E-state index contributed by atoms with van der Waals surface area (Å²) in [5.74, 6) is 1.18. The maximum atomic E-state index is 9.66. The van der Waals surface area contributed by atoms with Crippen molar-refractivity contribution in [1.29, 1.82) is 0 Å². The van der Waals surface area contributed by atoms with E-state index in [1.807, 2.05) is 16.8 Å². The molecular formula is C18H25N5O2. The van der Waals surface area contributed by atoms with Gasteiger partial charge in [-0.3, -0.25) is 4.90 Å². The molecule has 1 saturated carbocycles. The van der Waals surface area contributed by atoms with Gasteiger partial charge in [-0.2, -0.15) is 0 Å². The van der Waals surface area contributed by atoms with E-state index >= 15 is 0 Å². The number of ether oxygens (including phenoxy) is 1. The van der Waals surface area contributed by atoms with E-state index in [1.165, 1.54) is 19.3 Å². The topological polar surface area (TPSA) is 76.3 Å². The van der Waals surface area contributed by atoms with Crippen LogP contribution >= 0.6 is 0 Å². The van der Waals surface area contributed by atoms with Crippen molar-refractivity contribution in [1.82, 2.24) is 25.1 Å². The monoisotopic (exact) mass is 343 g/mol. The summed E-state index contributed by atoms with van der Waals surface area (Å²) >= 11 is 0. The lowest BCUT2D eigenvalue weighted by molar-refractivity contribution is 0.0211. The lowest BCUT2D eigenvalue weighted by atomic mass is 9.95. The Bertz CT molecular complexity index is 675. The van der Waals surface area contributed by atoms with E-state index in [0.29, 0.717) is 6.04 Å². The number of aromatic nitrogens is 4. The minimum Gasteiger partial charge on any atom is -0.508 e. The molecule has 2 aliphatic rings. The van der Waals surface area contributed by atoms with Crippen LogP contribution in [0, 0.1) is 0 Å². The number of rotatable bonds is 4. The first kappa shape index (κ1) is 16.5. The molecule has 1 saturated heterocycles. The molecule has 0 spiro atoms. The summed E-state index contributed by atoms with van der Waals surface area (Å²) in [6.07, 6.45) is 6.07. The molecule has 1 aromatic heterocycles. The quantitative estimate of drug-likeness (QED) is 0.918. The van der Waals surface area contributed by atoms with E-state index in [0.717, 1.165) is 50.5 Å². The molecule has 1 N–H and O–H groups in total. The van der Waals surface area contributed by atoms with Gasteiger partial charge >= 0.3 is 0 Å². The molecule has 0 radical (unpaired) electrons. The Balaban J connectivity index is 1.70. The average molecular weight is 343 g/mol. The lowest BCUT2D eigenvalue weighted by Gasteiger charge is -2.35. The third-order valence-corrected chi connectivity index (χ3v) is 5.30. The van der Waals surface area contributed by atoms with E-state index < -0.39 is 0 Å². The zero-order valence-electron chi connectivity index (χ0n) is 14.4. The van der Waals surface area contributed by atoms with Crippen molar-refractivity contribution < 1.29 is 9.84 Å². The van der Waals surface area contributed by atoms with Crippen molar-refractivity contribution in [2.75, 3.05) is 26.3 Å². The number of hydrogen-bond donors (Lipinski definition) is 1. The number of phenolic OH excluding ortho intramolecular Hbond substituents is 1. The first-order chi connectivity index (χ1) is 12.3. The number of tetrazole rings is 1. The fourth-order valence-corrected chi connectivity index (χ4v) is 3.98. The number of aromatic hydroxyl groups is 1. The Morgan fingerprint density at radius 3 is 2.48 bits per heavy atom. The SMILES string of the molecule is Oc1ccc([C@@H](c2nnnn2C2CCCCC2)N2CCOCC2)cc1. The van der Waals surface area contributed by atoms with Crippen LogP contribution in [-0.4, -0.2) is 56.5 Å². The van der Waals surface area contributed by atoms with Gasteiger partial charge in [-0.25, -0.2) is 4.68 Å². The summed E-state index contributed by atoms with van der Waals surface area (Å²) in [6, 6.07) is 7.78. The number of benzene rings is 1. The Labute approximate surface area is 147 Å². The van der Waals surface area contributed by atoms with Crippen LogP contribution in [0.5, 0.6) is 5.75 Å². The van der Waals surface area contributed by atoms with E-state index in [9.17, 15) is 5.11 Å². The number of morpholine rings is 1. The van der Waals surface area contributed by atoms with Crippen LogP contribution in [0.25, 0.3) is 0 Å². The second kappa shape index (κ2) is 7.49. The minimum absolute atomic E-state index is 0.0126. The second-order valence-corrected chi connectivity index (χ2v) is 6.92. The normalized spacial score (nSPS) is 21.3. The van der Waals surface area contributed by atoms with Crippen molar-refractivity contribution in [2.45, 2.75) is 44.2 Å². The standard InChI is InChI=1S/C18H25N5O2/c24-16-8-6-14(7-9-16)17(22-10-12-25-13-11-22)18-19-20-21-23(18)15-4-2-1-3-5-15/h6-9,15,17,24H,1-5,10-13H2/t17-/m0/s1. The van der Waals surface area contributed by atoms with E-state index in [4.69, 9.17) is 4.74 Å². The van der Waals surface area contributed by atoms with Crippen LogP contribution in [0.4, 0.5) is 0 Å². The number of phenols is 1. The van der Waals surface area contributed by atoms with Crippen LogP contribution in [0.1, 0.15) is 55.6 Å². The van der Waals surface area contributed by atoms with Crippen LogP contribution in [-0.2, 0) is 4.74 Å². The van der Waals surface area contributed by atoms with Crippen molar-refractivity contribution >= 4 is 0 Å². The zero-order chi connectivity index (χ0) is 17.1. The van der Waals surface area contributed by atoms with Gasteiger partial charge < -0.3 is 9.84 Å². The molecule has 25 heavy (non-hydrogen) atoms. The summed E-state index contributed by atoms with van der Waals surface area (Å²) in [4.78, 5) is 2.38. The Morgan fingerprint density at radius 2 is 1.76 bits per heavy atom. The molecule has 1 aromatic carbocycles. The van der Waals surface area contributed by atoms with Crippen molar-refractivity contribution in [3.05, 3.63) is 35.7 Å². The van der Waals surface area contributed by atoms with E-state index in [1.54, 1.807) is 12.1 Å². The molecule has 1 aliphatic heterocycles. The highest BCUT2D eigenvalue weighted by atomic mass is 16.5. The van der Waals surface area contributed by atoms with E-state index in [-0.39, 0.29) is 11.8 Å². The van der Waals surface area contributed by atoms with Gasteiger partial charge in [-0.1, -0.05) is 31.4 Å². The molecule has 1 atom stereocenters. The first-order valence-electron chi connectivity index (χ1n) is 9.21. The molecule has 7 nitrogen and oxygen atoms in total. The van der Waals surface area contributed by atoms with Crippen molar-refractivity contribution in [3.8, 4) is 5.75 Å². The van der Waals surface area contributed by atoms with Gasteiger partial charge in [0.15, 0.2) is 5.82 Å². The zero-order valence-corrected chi connectivity index (χ0v) is 14.4. The van der Waals surface area contributed by atoms with Gasteiger partial charge in [0.25, 0.3) is 0 Å². The summed E-state index contributed by atoms with van der Waals surface area (Å²) < 4.78 is 7.58. The molecule has 0 bridgehead atoms. The highest BCUT2D eigenvalue weighted by Crippen LogP contribution is 2.33. The molecule has 134 valence electrons. The average Bonchev–Trinajstić information content (AvgIpc) is 3.14. The highest BCUT2D eigenvalue weighted by Gasteiger charge is 2.31. The molecule has 7 heteroatoms. The largest absolute Gasteiger partial charge is 0.508 e. The molecular weight excluding hydrogens is 318 g/mol. The van der Waals surface area contributed by atoms with Gasteiger partial charge in [-0.05, 0) is 41.0 Å². The predicted molar refractivity (Wildman–Crippen MR) is 92.3 cm³/mol. The van der Waals surface area contributed by atoms with Crippen molar-refractivity contribution in [3.63, 3.8) is 0 Å². The van der Waals surface area contributed by atoms with Gasteiger partial charge in [-0.15, -0.1) is 5.10 Å². The maximum Gasteiger partial charge on any atom is 0.173 e. The van der Waals surface area contributed by atoms with Crippen LogP contribution in [0.15, 0.2) is 24.3 Å². The molecule has 4 rings (SSSR count). The van der Waals surface area contributed by atoms with Crippen LogP contribution in [0.3, 0.4) is 0 Å². The Morgan fingerprint density at radius 1 is 1.04 bits per heavy atom. The number of nitrogens with zero attached hydrogens (tertiary/aromatic N) is 5. The first-order valence-corrected chi connectivity index (χ1v) is 9.21. The second-order valence-electron chi connectivity index (χ2n) is 6.92. The summed E-state index contributed by atoms with van der Waals surface area (Å²) in [5, 5.41) is 22.4.